The second kappa shape index (κ2) is 6.86. The van der Waals surface area contributed by atoms with E-state index < -0.39 is 23.8 Å². The lowest BCUT2D eigenvalue weighted by atomic mass is 10.2. The number of hydroxylamine groups is 1. The Morgan fingerprint density at radius 3 is 2.24 bits per heavy atom. The smallest absolute Gasteiger partial charge is 0.483 e. The van der Waals surface area contributed by atoms with Gasteiger partial charge in [-0.1, -0.05) is 6.92 Å². The summed E-state index contributed by atoms with van der Waals surface area (Å²) in [4.78, 5) is 20.0. The summed E-state index contributed by atoms with van der Waals surface area (Å²) in [5, 5.41) is 42.8. The van der Waals surface area contributed by atoms with Crippen molar-refractivity contribution >= 4 is 5.78 Å². The number of carbonyl (C=O) groups is 1. The number of azo groups is 1. The standard InChI is InChI=1S/C8H15N3O6/c1-2-7(14)3-4-9-10(15)8(5-12,6-13)11(16)17/h12-13H,2-6H2,1H3. The van der Waals surface area contributed by atoms with Crippen LogP contribution in [0.4, 0.5) is 0 Å². The number of nitrogens with zero attached hydrogens (tertiary/aromatic N) is 3. The molecule has 0 amide bonds. The van der Waals surface area contributed by atoms with Gasteiger partial charge in [0.15, 0.2) is 13.2 Å². The van der Waals surface area contributed by atoms with Crippen molar-refractivity contribution in [2.24, 2.45) is 5.11 Å². The number of ketones is 1. The van der Waals surface area contributed by atoms with Gasteiger partial charge in [0.25, 0.3) is 0 Å². The van der Waals surface area contributed by atoms with Crippen molar-refractivity contribution in [2.75, 3.05) is 19.8 Å². The summed E-state index contributed by atoms with van der Waals surface area (Å²) in [7, 11) is 0. The first-order valence-corrected chi connectivity index (χ1v) is 4.97. The summed E-state index contributed by atoms with van der Waals surface area (Å²) in [5.74, 6) is -0.137. The van der Waals surface area contributed by atoms with Crippen LogP contribution in [0, 0.1) is 15.3 Å². The first kappa shape index (κ1) is 15.4. The van der Waals surface area contributed by atoms with E-state index in [4.69, 9.17) is 10.2 Å². The summed E-state index contributed by atoms with van der Waals surface area (Å²) in [6.07, 6.45) is 0.272. The molecule has 0 atom stereocenters. The number of rotatable bonds is 8. The maximum absolute atomic E-state index is 11.3. The Morgan fingerprint density at radius 1 is 1.35 bits per heavy atom. The van der Waals surface area contributed by atoms with E-state index in [1.54, 1.807) is 6.92 Å². The Kier molecular flexibility index (Phi) is 6.21. The topological polar surface area (TPSA) is 139 Å². The van der Waals surface area contributed by atoms with Gasteiger partial charge in [0, 0.05) is 12.8 Å². The Hall–Kier alpha value is -1.61. The van der Waals surface area contributed by atoms with E-state index in [-0.39, 0.29) is 30.0 Å². The zero-order chi connectivity index (χ0) is 13.5. The maximum atomic E-state index is 11.3. The van der Waals surface area contributed by atoms with Crippen LogP contribution < -0.4 is 0 Å². The van der Waals surface area contributed by atoms with Gasteiger partial charge in [-0.05, 0) is 9.97 Å². The molecule has 0 saturated carbocycles. The zero-order valence-corrected chi connectivity index (χ0v) is 9.40. The van der Waals surface area contributed by atoms with E-state index in [1.807, 2.05) is 0 Å². The number of aliphatic hydroxyl groups excluding tert-OH is 2. The summed E-state index contributed by atoms with van der Waals surface area (Å²) in [6, 6.07) is 0. The number of carbonyl (C=O) groups excluding carboxylic acids is 1. The van der Waals surface area contributed by atoms with Crippen molar-refractivity contribution in [1.29, 1.82) is 0 Å². The summed E-state index contributed by atoms with van der Waals surface area (Å²) >= 11 is 0. The molecule has 0 unspecified atom stereocenters. The fraction of sp³-hybridized carbons (Fsp3) is 0.875. The monoisotopic (exact) mass is 249 g/mol. The third-order valence-electron chi connectivity index (χ3n) is 2.22. The fourth-order valence-electron chi connectivity index (χ4n) is 0.930. The molecule has 0 aromatic carbocycles. The van der Waals surface area contributed by atoms with Crippen molar-refractivity contribution in [1.82, 2.24) is 0 Å². The number of nitro groups is 1. The SMILES string of the molecule is CCC(=O)CCN=[N+]([O-])C(CO)(CO)[N+](=O)[O-]. The third kappa shape index (κ3) is 3.71. The lowest BCUT2D eigenvalue weighted by Gasteiger charge is -2.16. The van der Waals surface area contributed by atoms with Crippen LogP contribution in [0.25, 0.3) is 0 Å². The Balaban J connectivity index is 4.73. The number of hydrogen-bond donors (Lipinski definition) is 2. The molecular formula is C8H15N3O6. The molecule has 0 aliphatic heterocycles. The van der Waals surface area contributed by atoms with Crippen LogP contribution in [0.5, 0.6) is 0 Å². The number of hydrogen-bond acceptors (Lipinski definition) is 7. The van der Waals surface area contributed by atoms with Gasteiger partial charge >= 0.3 is 5.66 Å². The van der Waals surface area contributed by atoms with Gasteiger partial charge in [0.05, 0.1) is 0 Å². The molecule has 0 heterocycles. The van der Waals surface area contributed by atoms with Gasteiger partial charge in [-0.2, -0.15) is 0 Å². The van der Waals surface area contributed by atoms with Gasteiger partial charge in [-0.25, -0.2) is 0 Å². The molecule has 9 heteroatoms. The van der Waals surface area contributed by atoms with Gasteiger partial charge in [0.1, 0.15) is 17.3 Å². The highest BCUT2D eigenvalue weighted by atomic mass is 16.7. The second-order valence-corrected chi connectivity index (χ2v) is 3.34. The molecule has 0 fully saturated rings. The van der Waals surface area contributed by atoms with Crippen LogP contribution in [-0.2, 0) is 4.79 Å². The molecule has 0 saturated heterocycles. The average Bonchev–Trinajstić information content (AvgIpc) is 2.30. The minimum atomic E-state index is -2.59. The largest absolute Gasteiger partial charge is 0.594 e. The molecule has 0 spiro atoms. The highest BCUT2D eigenvalue weighted by Gasteiger charge is 2.53. The van der Waals surface area contributed by atoms with Crippen molar-refractivity contribution in [3.63, 3.8) is 0 Å². The summed E-state index contributed by atoms with van der Waals surface area (Å²) in [6.45, 7) is -0.928. The van der Waals surface area contributed by atoms with E-state index in [0.717, 1.165) is 0 Å². The molecule has 0 bridgehead atoms. The highest BCUT2D eigenvalue weighted by molar-refractivity contribution is 5.78. The normalized spacial score (nSPS) is 12.5. The minimum Gasteiger partial charge on any atom is -0.594 e. The third-order valence-corrected chi connectivity index (χ3v) is 2.22. The molecule has 0 aliphatic carbocycles. The second-order valence-electron chi connectivity index (χ2n) is 3.34. The van der Waals surface area contributed by atoms with E-state index in [0.29, 0.717) is 0 Å². The lowest BCUT2D eigenvalue weighted by molar-refractivity contribution is -0.819. The maximum Gasteiger partial charge on any atom is 0.483 e. The molecule has 2 N–H and O–H groups in total. The van der Waals surface area contributed by atoms with E-state index in [9.17, 15) is 20.1 Å². The summed E-state index contributed by atoms with van der Waals surface area (Å²) in [5.41, 5.74) is -2.59. The predicted molar refractivity (Wildman–Crippen MR) is 54.7 cm³/mol. The van der Waals surface area contributed by atoms with Crippen molar-refractivity contribution in [3.8, 4) is 0 Å². The first-order chi connectivity index (χ1) is 7.94. The van der Waals surface area contributed by atoms with Gasteiger partial charge in [-0.15, -0.1) is 0 Å². The van der Waals surface area contributed by atoms with Crippen LogP contribution >= 0.6 is 0 Å². The van der Waals surface area contributed by atoms with Crippen LogP contribution in [0.1, 0.15) is 19.8 Å². The van der Waals surface area contributed by atoms with Crippen molar-refractivity contribution in [3.05, 3.63) is 15.3 Å². The fourth-order valence-corrected chi connectivity index (χ4v) is 0.930. The Labute approximate surface area is 97.1 Å². The number of aliphatic hydroxyl groups is 2. The van der Waals surface area contributed by atoms with E-state index in [2.05, 4.69) is 5.11 Å². The van der Waals surface area contributed by atoms with Crippen LogP contribution in [0.3, 0.4) is 0 Å². The lowest BCUT2D eigenvalue weighted by Crippen LogP contribution is -2.53. The van der Waals surface area contributed by atoms with Crippen LogP contribution in [0.2, 0.25) is 0 Å². The zero-order valence-electron chi connectivity index (χ0n) is 9.40. The molecule has 0 aromatic rings. The first-order valence-electron chi connectivity index (χ1n) is 4.97. The Bertz CT molecular complexity index is 312. The van der Waals surface area contributed by atoms with E-state index >= 15 is 0 Å². The molecular weight excluding hydrogens is 234 g/mol. The van der Waals surface area contributed by atoms with Gasteiger partial charge < -0.3 is 15.4 Å². The van der Waals surface area contributed by atoms with Crippen molar-refractivity contribution < 1.29 is 24.8 Å². The molecule has 17 heavy (non-hydrogen) atoms. The predicted octanol–water partition coefficient (Wildman–Crippen LogP) is -0.724. The summed E-state index contributed by atoms with van der Waals surface area (Å²) < 4.78 is 0. The quantitative estimate of drug-likeness (QED) is 0.191. The van der Waals surface area contributed by atoms with Gasteiger partial charge in [0.2, 0.25) is 0 Å². The molecule has 0 rings (SSSR count). The highest BCUT2D eigenvalue weighted by Crippen LogP contribution is 2.10. The number of Topliss-reactive ketones (excluding diaryl/α,β-unsaturated/α-hetero) is 1. The molecule has 0 radical (unpaired) electrons. The molecule has 98 valence electrons. The average molecular weight is 249 g/mol. The molecule has 9 nitrogen and oxygen atoms in total. The Morgan fingerprint density at radius 2 is 1.88 bits per heavy atom. The van der Waals surface area contributed by atoms with Gasteiger partial charge in [-0.3, -0.25) is 14.9 Å². The van der Waals surface area contributed by atoms with Crippen molar-refractivity contribution in [2.45, 2.75) is 25.4 Å². The van der Waals surface area contributed by atoms with E-state index in [1.165, 1.54) is 0 Å². The molecule has 0 aromatic heterocycles. The molecule has 0 aliphatic rings. The van der Waals surface area contributed by atoms with Crippen LogP contribution in [0.15, 0.2) is 5.11 Å². The van der Waals surface area contributed by atoms with Crippen LogP contribution in [-0.4, -0.2) is 51.2 Å². The minimum absolute atomic E-state index is 0.0140.